The van der Waals surface area contributed by atoms with Gasteiger partial charge in [0.1, 0.15) is 0 Å². The first-order chi connectivity index (χ1) is 5.72. The van der Waals surface area contributed by atoms with E-state index >= 15 is 0 Å². The van der Waals surface area contributed by atoms with Crippen LogP contribution in [0.1, 0.15) is 26.7 Å². The summed E-state index contributed by atoms with van der Waals surface area (Å²) < 4.78 is 4.60. The fraction of sp³-hybridized carbons (Fsp3) is 0.750. The third-order valence-electron chi connectivity index (χ3n) is 1.16. The monoisotopic (exact) mass is 173 g/mol. The number of hydrogen-bond acceptors (Lipinski definition) is 3. The highest BCUT2D eigenvalue weighted by Gasteiger charge is 2.12. The largest absolute Gasteiger partial charge is 0.459 e. The SMILES string of the molecule is CCCNC(=O)C(=O)OCCC. The fourth-order valence-electron chi connectivity index (χ4n) is 0.571. The van der Waals surface area contributed by atoms with Crippen LogP contribution in [0, 0.1) is 0 Å². The lowest BCUT2D eigenvalue weighted by molar-refractivity contribution is -0.154. The van der Waals surface area contributed by atoms with E-state index in [-0.39, 0.29) is 0 Å². The highest BCUT2D eigenvalue weighted by Crippen LogP contribution is 1.83. The Hall–Kier alpha value is -1.06. The van der Waals surface area contributed by atoms with Crippen molar-refractivity contribution in [1.82, 2.24) is 5.32 Å². The van der Waals surface area contributed by atoms with E-state index in [1.54, 1.807) is 0 Å². The van der Waals surface area contributed by atoms with Gasteiger partial charge in [0.15, 0.2) is 0 Å². The number of carbonyl (C=O) groups is 2. The number of ether oxygens (including phenoxy) is 1. The van der Waals surface area contributed by atoms with E-state index in [2.05, 4.69) is 10.1 Å². The van der Waals surface area contributed by atoms with E-state index in [4.69, 9.17) is 0 Å². The van der Waals surface area contributed by atoms with Gasteiger partial charge in [-0.25, -0.2) is 4.79 Å². The first-order valence-electron chi connectivity index (χ1n) is 4.17. The van der Waals surface area contributed by atoms with E-state index in [1.807, 2.05) is 13.8 Å². The van der Waals surface area contributed by atoms with Crippen molar-refractivity contribution < 1.29 is 14.3 Å². The van der Waals surface area contributed by atoms with E-state index in [0.717, 1.165) is 12.8 Å². The van der Waals surface area contributed by atoms with Crippen molar-refractivity contribution in [1.29, 1.82) is 0 Å². The Morgan fingerprint density at radius 1 is 1.25 bits per heavy atom. The van der Waals surface area contributed by atoms with Crippen LogP contribution in [0.4, 0.5) is 0 Å². The molecule has 4 heteroatoms. The average molecular weight is 173 g/mol. The van der Waals surface area contributed by atoms with Gasteiger partial charge < -0.3 is 10.1 Å². The van der Waals surface area contributed by atoms with E-state index < -0.39 is 11.9 Å². The summed E-state index contributed by atoms with van der Waals surface area (Å²) in [6.07, 6.45) is 1.54. The van der Waals surface area contributed by atoms with Crippen LogP contribution in [0.2, 0.25) is 0 Å². The number of hydrogen-bond donors (Lipinski definition) is 1. The smallest absolute Gasteiger partial charge is 0.396 e. The van der Waals surface area contributed by atoms with Crippen LogP contribution in [0.3, 0.4) is 0 Å². The minimum atomic E-state index is -0.787. The van der Waals surface area contributed by atoms with E-state index in [9.17, 15) is 9.59 Å². The summed E-state index contributed by atoms with van der Waals surface area (Å²) in [6, 6.07) is 0. The number of esters is 1. The zero-order chi connectivity index (χ0) is 9.40. The number of amides is 1. The molecule has 0 heterocycles. The number of carbonyl (C=O) groups excluding carboxylic acids is 2. The quantitative estimate of drug-likeness (QED) is 0.496. The van der Waals surface area contributed by atoms with Crippen molar-refractivity contribution in [2.75, 3.05) is 13.2 Å². The second-order valence-electron chi connectivity index (χ2n) is 2.39. The van der Waals surface area contributed by atoms with Crippen molar-refractivity contribution in [2.24, 2.45) is 0 Å². The molecule has 0 radical (unpaired) electrons. The molecule has 0 saturated carbocycles. The Balaban J connectivity index is 3.55. The predicted molar refractivity (Wildman–Crippen MR) is 44.6 cm³/mol. The molecule has 0 aliphatic heterocycles. The fourth-order valence-corrected chi connectivity index (χ4v) is 0.571. The van der Waals surface area contributed by atoms with Crippen molar-refractivity contribution in [3.05, 3.63) is 0 Å². The van der Waals surface area contributed by atoms with Gasteiger partial charge in [-0.1, -0.05) is 13.8 Å². The average Bonchev–Trinajstić information content (AvgIpc) is 2.10. The molecule has 70 valence electrons. The second-order valence-corrected chi connectivity index (χ2v) is 2.39. The molecule has 0 bridgehead atoms. The molecule has 0 unspecified atom stereocenters. The maximum absolute atomic E-state index is 10.8. The molecule has 0 aliphatic carbocycles. The lowest BCUT2D eigenvalue weighted by Gasteiger charge is -2.02. The lowest BCUT2D eigenvalue weighted by Crippen LogP contribution is -2.33. The van der Waals surface area contributed by atoms with Gasteiger partial charge in [0.2, 0.25) is 0 Å². The molecule has 0 aromatic carbocycles. The van der Waals surface area contributed by atoms with Gasteiger partial charge in [-0.3, -0.25) is 4.79 Å². The van der Waals surface area contributed by atoms with Crippen LogP contribution < -0.4 is 5.32 Å². The zero-order valence-corrected chi connectivity index (χ0v) is 7.55. The van der Waals surface area contributed by atoms with Gasteiger partial charge in [-0.15, -0.1) is 0 Å². The van der Waals surface area contributed by atoms with Gasteiger partial charge in [0, 0.05) is 6.54 Å². The molecular formula is C8H15NO3. The Labute approximate surface area is 72.3 Å². The Morgan fingerprint density at radius 3 is 2.42 bits per heavy atom. The number of rotatable bonds is 4. The van der Waals surface area contributed by atoms with Gasteiger partial charge in [0.05, 0.1) is 6.61 Å². The number of nitrogens with one attached hydrogen (secondary N) is 1. The maximum atomic E-state index is 10.8. The van der Waals surface area contributed by atoms with Gasteiger partial charge in [-0.2, -0.15) is 0 Å². The summed E-state index contributed by atoms with van der Waals surface area (Å²) in [4.78, 5) is 21.6. The molecule has 1 amide bonds. The van der Waals surface area contributed by atoms with Crippen LogP contribution in [0.15, 0.2) is 0 Å². The molecule has 0 fully saturated rings. The normalized spacial score (nSPS) is 9.17. The summed E-state index contributed by atoms with van der Waals surface area (Å²) in [5.74, 6) is -1.43. The third-order valence-corrected chi connectivity index (χ3v) is 1.16. The molecule has 0 aromatic rings. The molecule has 0 aromatic heterocycles. The highest BCUT2D eigenvalue weighted by molar-refractivity contribution is 6.32. The maximum Gasteiger partial charge on any atom is 0.396 e. The van der Waals surface area contributed by atoms with E-state index in [1.165, 1.54) is 0 Å². The minimum absolute atomic E-state index is 0.304. The first kappa shape index (κ1) is 10.9. The predicted octanol–water partition coefficient (Wildman–Crippen LogP) is 0.466. The van der Waals surface area contributed by atoms with Gasteiger partial charge in [0.25, 0.3) is 0 Å². The lowest BCUT2D eigenvalue weighted by atomic mass is 10.4. The summed E-state index contributed by atoms with van der Waals surface area (Å²) in [7, 11) is 0. The van der Waals surface area contributed by atoms with Crippen molar-refractivity contribution in [2.45, 2.75) is 26.7 Å². The topological polar surface area (TPSA) is 55.4 Å². The molecule has 0 spiro atoms. The van der Waals surface area contributed by atoms with Crippen molar-refractivity contribution >= 4 is 11.9 Å². The summed E-state index contributed by atoms with van der Waals surface area (Å²) >= 11 is 0. The van der Waals surface area contributed by atoms with Crippen LogP contribution in [-0.2, 0) is 14.3 Å². The molecule has 12 heavy (non-hydrogen) atoms. The van der Waals surface area contributed by atoms with Crippen LogP contribution in [0.5, 0.6) is 0 Å². The van der Waals surface area contributed by atoms with Crippen molar-refractivity contribution in [3.63, 3.8) is 0 Å². The van der Waals surface area contributed by atoms with Crippen LogP contribution in [0.25, 0.3) is 0 Å². The Bertz CT molecular complexity index is 138. The standard InChI is InChI=1S/C8H15NO3/c1-3-5-9-7(10)8(11)12-6-4-2/h3-6H2,1-2H3,(H,9,10). The van der Waals surface area contributed by atoms with E-state index in [0.29, 0.717) is 13.2 Å². The molecule has 1 N–H and O–H groups in total. The summed E-state index contributed by atoms with van der Waals surface area (Å²) in [6.45, 7) is 4.60. The minimum Gasteiger partial charge on any atom is -0.459 e. The molecule has 0 atom stereocenters. The van der Waals surface area contributed by atoms with Gasteiger partial charge in [-0.05, 0) is 12.8 Å². The third kappa shape index (κ3) is 4.71. The molecule has 0 rings (SSSR count). The van der Waals surface area contributed by atoms with Crippen LogP contribution in [-0.4, -0.2) is 25.0 Å². The summed E-state index contributed by atoms with van der Waals surface area (Å²) in [5.41, 5.74) is 0. The highest BCUT2D eigenvalue weighted by atomic mass is 16.5. The Morgan fingerprint density at radius 2 is 1.92 bits per heavy atom. The van der Waals surface area contributed by atoms with Gasteiger partial charge >= 0.3 is 11.9 Å². The molecule has 0 saturated heterocycles. The molecule has 4 nitrogen and oxygen atoms in total. The molecule has 0 aliphatic rings. The first-order valence-corrected chi connectivity index (χ1v) is 4.17. The summed E-state index contributed by atoms with van der Waals surface area (Å²) in [5, 5.41) is 2.43. The van der Waals surface area contributed by atoms with Crippen molar-refractivity contribution in [3.8, 4) is 0 Å². The van der Waals surface area contributed by atoms with Crippen LogP contribution >= 0.6 is 0 Å². The molecular weight excluding hydrogens is 158 g/mol. The zero-order valence-electron chi connectivity index (χ0n) is 7.55. The second kappa shape index (κ2) is 6.64. The Kier molecular flexibility index (Phi) is 6.05.